The van der Waals surface area contributed by atoms with Crippen LogP contribution in [0, 0.1) is 0 Å². The molecule has 0 fully saturated rings. The minimum absolute atomic E-state index is 0. The maximum Gasteiger partial charge on any atom is 0.221 e. The van der Waals surface area contributed by atoms with E-state index in [-0.39, 0.29) is 25.1 Å². The summed E-state index contributed by atoms with van der Waals surface area (Å²) in [6.45, 7) is 35.2. The molecule has 0 unspecified atom stereocenters. The molecule has 98 heavy (non-hydrogen) atoms. The maximum absolute atomic E-state index is 12.0. The molecule has 0 spiro atoms. The Morgan fingerprint density at radius 3 is 0.796 bits per heavy atom. The number of nitrogens with zero attached hydrogens (tertiary/aromatic N) is 5. The third-order valence-corrected chi connectivity index (χ3v) is 16.5. The fourth-order valence-electron chi connectivity index (χ4n) is 9.71. The number of likely N-dealkylation sites (N-methyl/N-ethyl adjacent to an activating group) is 2. The predicted octanol–water partition coefficient (Wildman–Crippen LogP) is 13.8. The number of rotatable bonds is 65. The minimum atomic E-state index is 0. The SMILES string of the molecule is C.CCCCC(=O)CCCCCN(C)CCC(=O)NCCC.CCCCC(=O)CCCCCNC.CCCCC(=O)CCN(CCC(=O)CCCC)CCN(C)CCC(=O)NCCC.CCCCC(=O)CCN(CCNC)CCC(=O)CCCC.CCCNC(=O)CCN(C)CCC. The smallest absolute Gasteiger partial charge is 0.221 e. The number of Topliss-reactive ketones (excluding diaryl/α,β-unsaturated/α-hetero) is 6. The van der Waals surface area contributed by atoms with Gasteiger partial charge in [0.05, 0.1) is 0 Å². The van der Waals surface area contributed by atoms with E-state index in [0.717, 1.165) is 246 Å². The highest BCUT2D eigenvalue weighted by molar-refractivity contribution is 5.81. The molecule has 0 atom stereocenters. The molecule has 0 aromatic rings. The maximum atomic E-state index is 12.0. The lowest BCUT2D eigenvalue weighted by Crippen LogP contribution is -2.37. The fourth-order valence-corrected chi connectivity index (χ4v) is 9.71. The van der Waals surface area contributed by atoms with E-state index >= 15 is 0 Å². The quantitative estimate of drug-likeness (QED) is 0.0357. The lowest BCUT2D eigenvalue weighted by Gasteiger charge is -2.25. The molecule has 5 N–H and O–H groups in total. The molecule has 0 aliphatic rings. The van der Waals surface area contributed by atoms with Gasteiger partial charge in [-0.05, 0) is 145 Å². The summed E-state index contributed by atoms with van der Waals surface area (Å²) in [6.07, 6.45) is 33.0. The molecular weight excluding hydrogens is 1230 g/mol. The Balaban J connectivity index is -0.000000278. The average Bonchev–Trinajstić information content (AvgIpc) is 1.64. The van der Waals surface area contributed by atoms with Crippen molar-refractivity contribution in [2.24, 2.45) is 0 Å². The number of nitrogens with one attached hydrogen (secondary N) is 5. The standard InChI is InChI=1S/C23H45N3O3.2C17H34N2O2.C11H23NO.C10H22N2O.CH4/c1-5-8-10-21(27)12-17-26(18-13-22(28)11-9-6-2)20-19-25(4)16-14-23(29)24-15-7-3;1-4-6-10-16(20)11-8-7-9-14-19(3)15-12-17(21)18-13-5-2;1-4-6-8-16(20)10-13-19(15-12-18-3)14-11-17(21)9-7-5-2;1-3-4-8-11(13)9-6-5-7-10-12-2;1-4-7-11-10(13)6-9-12(3)8-5-2;/h5-20H2,1-4H3,(H,24,29);4-15H2,1-3H3,(H,18,21);18H,4-15H2,1-3H3;12H,3-10H2,1-2H3;4-9H2,1-3H3,(H,11,13);1H4. The van der Waals surface area contributed by atoms with E-state index in [1.807, 2.05) is 28.1 Å². The first kappa shape index (κ1) is 105. The Bertz CT molecular complexity index is 1800. The highest BCUT2D eigenvalue weighted by atomic mass is 16.2. The molecule has 19 heteroatoms. The normalized spacial score (nSPS) is 10.8. The van der Waals surface area contributed by atoms with Crippen LogP contribution in [0.5, 0.6) is 0 Å². The average molecular weight is 1400 g/mol. The van der Waals surface area contributed by atoms with Crippen LogP contribution in [-0.2, 0) is 43.2 Å². The van der Waals surface area contributed by atoms with E-state index in [1.165, 1.54) is 12.8 Å². The van der Waals surface area contributed by atoms with E-state index in [1.54, 1.807) is 0 Å². The summed E-state index contributed by atoms with van der Waals surface area (Å²) < 4.78 is 0. The van der Waals surface area contributed by atoms with Gasteiger partial charge in [0.2, 0.25) is 17.7 Å². The minimum Gasteiger partial charge on any atom is -0.356 e. The Kier molecular flexibility index (Phi) is 89.9. The van der Waals surface area contributed by atoms with Crippen molar-refractivity contribution in [1.82, 2.24) is 51.1 Å². The van der Waals surface area contributed by atoms with Crippen molar-refractivity contribution in [3.8, 4) is 0 Å². The van der Waals surface area contributed by atoms with Gasteiger partial charge in [-0.1, -0.05) is 128 Å². The monoisotopic (exact) mass is 1400 g/mol. The molecule has 0 aliphatic carbocycles. The number of carbonyl (C=O) groups is 9. The van der Waals surface area contributed by atoms with Crippen molar-refractivity contribution in [3.63, 3.8) is 0 Å². The van der Waals surface area contributed by atoms with Crippen LogP contribution in [0.25, 0.3) is 0 Å². The van der Waals surface area contributed by atoms with Gasteiger partial charge in [-0.25, -0.2) is 0 Å². The molecule has 0 bridgehead atoms. The van der Waals surface area contributed by atoms with Gasteiger partial charge in [0.25, 0.3) is 0 Å². The van der Waals surface area contributed by atoms with Crippen LogP contribution in [0.3, 0.4) is 0 Å². The zero-order valence-electron chi connectivity index (χ0n) is 66.1. The highest BCUT2D eigenvalue weighted by Crippen LogP contribution is 2.10. The first-order valence-electron chi connectivity index (χ1n) is 39.4. The van der Waals surface area contributed by atoms with E-state index < -0.39 is 0 Å². The summed E-state index contributed by atoms with van der Waals surface area (Å²) in [4.78, 5) is 116. The molecular formula is C79H162N10O9. The van der Waals surface area contributed by atoms with Gasteiger partial charge in [0.1, 0.15) is 34.7 Å². The summed E-state index contributed by atoms with van der Waals surface area (Å²) >= 11 is 0. The lowest BCUT2D eigenvalue weighted by molar-refractivity contribution is -0.122. The molecule has 0 aliphatic heterocycles. The van der Waals surface area contributed by atoms with Crippen molar-refractivity contribution in [2.75, 3.05) is 146 Å². The molecule has 3 amide bonds. The molecule has 582 valence electrons. The van der Waals surface area contributed by atoms with Gasteiger partial charge >= 0.3 is 0 Å². The van der Waals surface area contributed by atoms with Gasteiger partial charge in [-0.3, -0.25) is 43.2 Å². The van der Waals surface area contributed by atoms with Crippen LogP contribution in [0.2, 0.25) is 0 Å². The summed E-state index contributed by atoms with van der Waals surface area (Å²) in [5.41, 5.74) is 0. The second-order valence-electron chi connectivity index (χ2n) is 26.6. The Morgan fingerprint density at radius 1 is 0.224 bits per heavy atom. The molecule has 0 rings (SSSR count). The first-order valence-corrected chi connectivity index (χ1v) is 39.4. The van der Waals surface area contributed by atoms with Crippen molar-refractivity contribution in [3.05, 3.63) is 0 Å². The fraction of sp³-hybridized carbons (Fsp3) is 0.886. The van der Waals surface area contributed by atoms with Gasteiger partial charge in [0.15, 0.2) is 0 Å². The zero-order valence-corrected chi connectivity index (χ0v) is 66.1. The number of hydrogen-bond acceptors (Lipinski definition) is 16. The molecule has 0 aromatic heterocycles. The second kappa shape index (κ2) is 83.8. The van der Waals surface area contributed by atoms with Gasteiger partial charge in [-0.2, -0.15) is 0 Å². The highest BCUT2D eigenvalue weighted by Gasteiger charge is 2.15. The van der Waals surface area contributed by atoms with Crippen molar-refractivity contribution in [2.45, 2.75) is 314 Å². The van der Waals surface area contributed by atoms with Crippen molar-refractivity contribution < 1.29 is 43.2 Å². The number of hydrogen-bond donors (Lipinski definition) is 5. The lowest BCUT2D eigenvalue weighted by atomic mass is 10.1. The first-order chi connectivity index (χ1) is 46.7. The van der Waals surface area contributed by atoms with Crippen molar-refractivity contribution >= 4 is 52.4 Å². The van der Waals surface area contributed by atoms with E-state index in [2.05, 4.69) is 127 Å². The van der Waals surface area contributed by atoms with E-state index in [9.17, 15) is 43.2 Å². The van der Waals surface area contributed by atoms with Crippen LogP contribution in [-0.4, -0.2) is 223 Å². The summed E-state index contributed by atoms with van der Waals surface area (Å²) in [5.74, 6) is 2.61. The Hall–Kier alpha value is -3.85. The topological polar surface area (TPSA) is 230 Å². The predicted molar refractivity (Wildman–Crippen MR) is 417 cm³/mol. The van der Waals surface area contributed by atoms with Gasteiger partial charge in [0, 0.05) is 188 Å². The third kappa shape index (κ3) is 86.4. The van der Waals surface area contributed by atoms with E-state index in [4.69, 9.17) is 0 Å². The molecule has 0 aromatic carbocycles. The molecule has 0 radical (unpaired) electrons. The van der Waals surface area contributed by atoms with Crippen LogP contribution in [0.1, 0.15) is 314 Å². The van der Waals surface area contributed by atoms with Gasteiger partial charge in [-0.15, -0.1) is 0 Å². The third-order valence-electron chi connectivity index (χ3n) is 16.5. The second-order valence-corrected chi connectivity index (χ2v) is 26.6. The summed E-state index contributed by atoms with van der Waals surface area (Å²) in [6, 6.07) is 0. The van der Waals surface area contributed by atoms with Gasteiger partial charge < -0.3 is 51.1 Å². The zero-order chi connectivity index (χ0) is 73.8. The molecule has 0 heterocycles. The number of unbranched alkanes of at least 4 members (excludes halogenated alkanes) is 10. The summed E-state index contributed by atoms with van der Waals surface area (Å²) in [5, 5.41) is 14.9. The largest absolute Gasteiger partial charge is 0.356 e. The van der Waals surface area contributed by atoms with Crippen LogP contribution < -0.4 is 26.6 Å². The van der Waals surface area contributed by atoms with Crippen LogP contribution >= 0.6 is 0 Å². The molecule has 19 nitrogen and oxygen atoms in total. The van der Waals surface area contributed by atoms with E-state index in [0.29, 0.717) is 125 Å². The Labute approximate surface area is 604 Å². The van der Waals surface area contributed by atoms with Crippen LogP contribution in [0.4, 0.5) is 0 Å². The van der Waals surface area contributed by atoms with Crippen molar-refractivity contribution in [1.29, 1.82) is 0 Å². The molecule has 0 saturated carbocycles. The number of amides is 3. The molecule has 0 saturated heterocycles. The summed E-state index contributed by atoms with van der Waals surface area (Å²) in [7, 11) is 10.0. The number of carbonyl (C=O) groups excluding carboxylic acids is 9. The Morgan fingerprint density at radius 2 is 0.500 bits per heavy atom. The number of ketones is 6. The van der Waals surface area contributed by atoms with Crippen LogP contribution in [0.15, 0.2) is 0 Å².